The molecule has 1 aliphatic rings. The van der Waals surface area contributed by atoms with Gasteiger partial charge in [-0.3, -0.25) is 0 Å². The molecule has 0 heterocycles. The summed E-state index contributed by atoms with van der Waals surface area (Å²) in [4.78, 5) is -0.417. The van der Waals surface area contributed by atoms with E-state index in [1.807, 2.05) is 0 Å². The van der Waals surface area contributed by atoms with Crippen LogP contribution < -0.4 is 10.5 Å². The average Bonchev–Trinajstić information content (AvgIpc) is 2.31. The maximum absolute atomic E-state index is 13.6. The van der Waals surface area contributed by atoms with Crippen LogP contribution in [-0.4, -0.2) is 20.5 Å². The van der Waals surface area contributed by atoms with E-state index in [0.29, 0.717) is 6.42 Å². The van der Waals surface area contributed by atoms with Crippen LogP contribution in [0.5, 0.6) is 0 Å². The summed E-state index contributed by atoms with van der Waals surface area (Å²) in [6, 6.07) is 3.22. The first kappa shape index (κ1) is 14.7. The van der Waals surface area contributed by atoms with Gasteiger partial charge in [-0.2, -0.15) is 0 Å². The van der Waals surface area contributed by atoms with Gasteiger partial charge in [-0.05, 0) is 37.5 Å². The fraction of sp³-hybridized carbons (Fsp3) is 0.500. The Kier molecular flexibility index (Phi) is 4.45. The number of hydrogen-bond acceptors (Lipinski definition) is 3. The number of nitrogens with one attached hydrogen (secondary N) is 1. The van der Waals surface area contributed by atoms with Crippen molar-refractivity contribution in [2.24, 2.45) is 5.73 Å². The predicted molar refractivity (Wildman–Crippen MR) is 72.0 cm³/mol. The van der Waals surface area contributed by atoms with Crippen molar-refractivity contribution in [1.29, 1.82) is 0 Å². The molecule has 106 valence electrons. The number of sulfonamides is 1. The van der Waals surface area contributed by atoms with Crippen molar-refractivity contribution in [1.82, 2.24) is 4.72 Å². The van der Waals surface area contributed by atoms with Crippen molar-refractivity contribution >= 4 is 21.6 Å². The molecule has 0 radical (unpaired) electrons. The van der Waals surface area contributed by atoms with E-state index in [-0.39, 0.29) is 17.1 Å². The molecule has 4 nitrogen and oxygen atoms in total. The van der Waals surface area contributed by atoms with Gasteiger partial charge in [0.2, 0.25) is 10.0 Å². The molecule has 0 aromatic heterocycles. The van der Waals surface area contributed by atoms with Gasteiger partial charge in [0.1, 0.15) is 10.7 Å². The third-order valence-corrected chi connectivity index (χ3v) is 4.99. The number of benzene rings is 1. The standard InChI is InChI=1S/C12H16ClFN2O2S/c13-8-4-5-11(14)12(6-8)19(17,18)16-10-3-1-2-9(15)7-10/h4-6,9-10,16H,1-3,7,15H2. The molecule has 2 atom stereocenters. The molecule has 2 rings (SSSR count). The smallest absolute Gasteiger partial charge is 0.243 e. The Bertz CT molecular complexity index is 565. The van der Waals surface area contributed by atoms with Crippen LogP contribution in [-0.2, 0) is 10.0 Å². The lowest BCUT2D eigenvalue weighted by Gasteiger charge is -2.27. The second-order valence-electron chi connectivity index (χ2n) is 4.82. The van der Waals surface area contributed by atoms with Gasteiger partial charge in [-0.25, -0.2) is 17.5 Å². The van der Waals surface area contributed by atoms with Crippen LogP contribution in [0.1, 0.15) is 25.7 Å². The monoisotopic (exact) mass is 306 g/mol. The maximum atomic E-state index is 13.6. The molecule has 1 saturated carbocycles. The Balaban J connectivity index is 2.20. The van der Waals surface area contributed by atoms with Crippen molar-refractivity contribution < 1.29 is 12.8 Å². The Morgan fingerprint density at radius 2 is 2.11 bits per heavy atom. The first-order valence-corrected chi connectivity index (χ1v) is 7.97. The molecule has 1 fully saturated rings. The summed E-state index contributed by atoms with van der Waals surface area (Å²) in [5.74, 6) is -0.808. The molecule has 0 bridgehead atoms. The number of halogens is 2. The van der Waals surface area contributed by atoms with Crippen LogP contribution in [0.3, 0.4) is 0 Å². The van der Waals surface area contributed by atoms with Gasteiger partial charge in [0, 0.05) is 17.1 Å². The van der Waals surface area contributed by atoms with Crippen molar-refractivity contribution in [2.75, 3.05) is 0 Å². The van der Waals surface area contributed by atoms with E-state index in [4.69, 9.17) is 17.3 Å². The third-order valence-electron chi connectivity index (χ3n) is 3.22. The van der Waals surface area contributed by atoms with E-state index < -0.39 is 20.7 Å². The van der Waals surface area contributed by atoms with Crippen LogP contribution in [0.15, 0.2) is 23.1 Å². The Morgan fingerprint density at radius 3 is 2.79 bits per heavy atom. The summed E-state index contributed by atoms with van der Waals surface area (Å²) < 4.78 is 40.4. The highest BCUT2D eigenvalue weighted by Gasteiger charge is 2.26. The van der Waals surface area contributed by atoms with Crippen LogP contribution in [0.4, 0.5) is 4.39 Å². The molecule has 1 aromatic rings. The van der Waals surface area contributed by atoms with Crippen LogP contribution in [0, 0.1) is 5.82 Å². The van der Waals surface area contributed by atoms with Crippen molar-refractivity contribution in [3.63, 3.8) is 0 Å². The predicted octanol–water partition coefficient (Wildman–Crippen LogP) is 2.03. The van der Waals surface area contributed by atoms with Crippen LogP contribution >= 0.6 is 11.6 Å². The second kappa shape index (κ2) is 5.75. The zero-order chi connectivity index (χ0) is 14.0. The lowest BCUT2D eigenvalue weighted by atomic mass is 9.92. The highest BCUT2D eigenvalue weighted by atomic mass is 35.5. The molecule has 0 amide bonds. The fourth-order valence-corrected chi connectivity index (χ4v) is 3.92. The molecule has 0 aliphatic heterocycles. The Labute approximate surface area is 117 Å². The van der Waals surface area contributed by atoms with E-state index >= 15 is 0 Å². The summed E-state index contributed by atoms with van der Waals surface area (Å²) in [6.45, 7) is 0. The number of nitrogens with two attached hydrogens (primary N) is 1. The van der Waals surface area contributed by atoms with Gasteiger partial charge in [-0.15, -0.1) is 0 Å². The van der Waals surface area contributed by atoms with Gasteiger partial charge in [0.25, 0.3) is 0 Å². The molecular formula is C12H16ClFN2O2S. The van der Waals surface area contributed by atoms with Gasteiger partial charge in [0.05, 0.1) is 0 Å². The van der Waals surface area contributed by atoms with Crippen molar-refractivity contribution in [3.05, 3.63) is 29.0 Å². The summed E-state index contributed by atoms with van der Waals surface area (Å²) in [6.07, 6.45) is 3.05. The number of hydrogen-bond donors (Lipinski definition) is 2. The molecule has 7 heteroatoms. The highest BCUT2D eigenvalue weighted by molar-refractivity contribution is 7.89. The van der Waals surface area contributed by atoms with E-state index in [9.17, 15) is 12.8 Å². The fourth-order valence-electron chi connectivity index (χ4n) is 2.30. The minimum Gasteiger partial charge on any atom is -0.328 e. The first-order valence-electron chi connectivity index (χ1n) is 6.11. The molecule has 3 N–H and O–H groups in total. The van der Waals surface area contributed by atoms with Gasteiger partial charge >= 0.3 is 0 Å². The summed E-state index contributed by atoms with van der Waals surface area (Å²) >= 11 is 5.71. The third kappa shape index (κ3) is 3.66. The molecule has 19 heavy (non-hydrogen) atoms. The minimum atomic E-state index is -3.90. The zero-order valence-corrected chi connectivity index (χ0v) is 11.8. The lowest BCUT2D eigenvalue weighted by molar-refractivity contribution is 0.370. The number of rotatable bonds is 3. The van der Waals surface area contributed by atoms with Crippen LogP contribution in [0.25, 0.3) is 0 Å². The summed E-state index contributed by atoms with van der Waals surface area (Å²) in [5.41, 5.74) is 5.81. The highest BCUT2D eigenvalue weighted by Crippen LogP contribution is 2.22. The molecular weight excluding hydrogens is 291 g/mol. The SMILES string of the molecule is NC1CCCC(NS(=O)(=O)c2cc(Cl)ccc2F)C1. The quantitative estimate of drug-likeness (QED) is 0.897. The topological polar surface area (TPSA) is 72.2 Å². The molecule has 0 spiro atoms. The second-order valence-corrected chi connectivity index (χ2v) is 6.94. The van der Waals surface area contributed by atoms with Crippen molar-refractivity contribution in [3.8, 4) is 0 Å². The van der Waals surface area contributed by atoms with Crippen molar-refractivity contribution in [2.45, 2.75) is 42.7 Å². The minimum absolute atomic E-state index is 0.00865. The molecule has 1 aliphatic carbocycles. The van der Waals surface area contributed by atoms with Crippen LogP contribution in [0.2, 0.25) is 5.02 Å². The van der Waals surface area contributed by atoms with Gasteiger partial charge in [0.15, 0.2) is 0 Å². The zero-order valence-electron chi connectivity index (χ0n) is 10.3. The van der Waals surface area contributed by atoms with E-state index in [1.165, 1.54) is 6.07 Å². The molecule has 0 saturated heterocycles. The lowest BCUT2D eigenvalue weighted by Crippen LogP contribution is -2.42. The summed E-state index contributed by atoms with van der Waals surface area (Å²) in [5, 5.41) is 0.183. The van der Waals surface area contributed by atoms with Gasteiger partial charge in [-0.1, -0.05) is 18.0 Å². The molecule has 1 aromatic carbocycles. The van der Waals surface area contributed by atoms with Gasteiger partial charge < -0.3 is 5.73 Å². The largest absolute Gasteiger partial charge is 0.328 e. The Hall–Kier alpha value is -0.690. The van der Waals surface area contributed by atoms with E-state index in [2.05, 4.69) is 4.72 Å². The summed E-state index contributed by atoms with van der Waals surface area (Å²) in [7, 11) is -3.90. The van der Waals surface area contributed by atoms with E-state index in [1.54, 1.807) is 0 Å². The maximum Gasteiger partial charge on any atom is 0.243 e. The van der Waals surface area contributed by atoms with E-state index in [0.717, 1.165) is 31.4 Å². The average molecular weight is 307 g/mol. The Morgan fingerprint density at radius 1 is 1.37 bits per heavy atom. The normalized spacial score (nSPS) is 24.4. The molecule has 2 unspecified atom stereocenters. The first-order chi connectivity index (χ1) is 8.88.